The van der Waals surface area contributed by atoms with Gasteiger partial charge in [-0.15, -0.1) is 4.91 Å². The minimum atomic E-state index is -0.224. The third-order valence-corrected chi connectivity index (χ3v) is 2.66. The molecule has 1 atom stereocenters. The Morgan fingerprint density at radius 2 is 2.47 bits per heavy atom. The molecule has 0 aromatic heterocycles. The summed E-state index contributed by atoms with van der Waals surface area (Å²) in [5, 5.41) is 13.2. The van der Waals surface area contributed by atoms with Gasteiger partial charge in [-0.25, -0.2) is 5.01 Å². The normalized spacial score (nSPS) is 18.2. The summed E-state index contributed by atoms with van der Waals surface area (Å²) < 4.78 is 10.7. The number of benzene rings is 1. The fourth-order valence-electron chi connectivity index (χ4n) is 1.81. The first-order valence-electron chi connectivity index (χ1n) is 5.35. The van der Waals surface area contributed by atoms with Gasteiger partial charge in [0.05, 0.1) is 18.9 Å². The van der Waals surface area contributed by atoms with Crippen LogP contribution in [-0.4, -0.2) is 31.5 Å². The van der Waals surface area contributed by atoms with Crippen LogP contribution in [0.3, 0.4) is 0 Å². The molecule has 1 N–H and O–H groups in total. The van der Waals surface area contributed by atoms with Crippen LogP contribution < -0.4 is 14.5 Å². The van der Waals surface area contributed by atoms with Crippen molar-refractivity contribution in [2.75, 3.05) is 25.3 Å². The van der Waals surface area contributed by atoms with Crippen LogP contribution in [0.1, 0.15) is 6.42 Å². The summed E-state index contributed by atoms with van der Waals surface area (Å²) in [5.41, 5.74) is 0.591. The van der Waals surface area contributed by atoms with Crippen LogP contribution in [0.5, 0.6) is 11.5 Å². The number of methoxy groups -OCH3 is 1. The largest absolute Gasteiger partial charge is 0.497 e. The molecule has 0 radical (unpaired) electrons. The third-order valence-electron chi connectivity index (χ3n) is 2.66. The van der Waals surface area contributed by atoms with Gasteiger partial charge in [-0.3, -0.25) is 0 Å². The molecule has 1 aliphatic rings. The Hall–Kier alpha value is -1.82. The van der Waals surface area contributed by atoms with Crippen LogP contribution in [0, 0.1) is 4.91 Å². The van der Waals surface area contributed by atoms with Gasteiger partial charge < -0.3 is 14.6 Å². The van der Waals surface area contributed by atoms with Crippen molar-refractivity contribution in [2.24, 2.45) is 5.29 Å². The lowest BCUT2D eigenvalue weighted by atomic mass is 10.1. The van der Waals surface area contributed by atoms with E-state index in [4.69, 9.17) is 14.6 Å². The second-order valence-corrected chi connectivity index (χ2v) is 3.75. The predicted octanol–water partition coefficient (Wildman–Crippen LogP) is 1.33. The topological polar surface area (TPSA) is 71.4 Å². The highest BCUT2D eigenvalue weighted by atomic mass is 16.5. The van der Waals surface area contributed by atoms with Crippen molar-refractivity contribution in [3.63, 3.8) is 0 Å². The van der Waals surface area contributed by atoms with Crippen molar-refractivity contribution >= 4 is 5.69 Å². The van der Waals surface area contributed by atoms with Gasteiger partial charge in [0.1, 0.15) is 23.3 Å². The molecule has 1 heterocycles. The Labute approximate surface area is 98.7 Å². The number of ether oxygens (including phenoxy) is 2. The molecule has 17 heavy (non-hydrogen) atoms. The van der Waals surface area contributed by atoms with Crippen LogP contribution in [0.2, 0.25) is 0 Å². The van der Waals surface area contributed by atoms with E-state index >= 15 is 0 Å². The molecule has 6 nitrogen and oxygen atoms in total. The second kappa shape index (κ2) is 5.01. The molecule has 0 saturated heterocycles. The molecule has 0 aliphatic carbocycles. The zero-order valence-corrected chi connectivity index (χ0v) is 9.50. The quantitative estimate of drug-likeness (QED) is 0.801. The molecule has 2 rings (SSSR count). The number of nitrogens with zero attached hydrogens (tertiary/aromatic N) is 2. The Balaban J connectivity index is 2.30. The molecular weight excluding hydrogens is 224 g/mol. The monoisotopic (exact) mass is 238 g/mol. The van der Waals surface area contributed by atoms with Crippen LogP contribution >= 0.6 is 0 Å². The van der Waals surface area contributed by atoms with Crippen molar-refractivity contribution in [1.29, 1.82) is 0 Å². The zero-order valence-electron chi connectivity index (χ0n) is 9.50. The van der Waals surface area contributed by atoms with Crippen molar-refractivity contribution in [3.8, 4) is 11.5 Å². The first kappa shape index (κ1) is 11.7. The van der Waals surface area contributed by atoms with E-state index in [1.54, 1.807) is 25.3 Å². The van der Waals surface area contributed by atoms with Crippen molar-refractivity contribution < 1.29 is 14.6 Å². The van der Waals surface area contributed by atoms with E-state index in [-0.39, 0.29) is 12.7 Å². The number of anilines is 1. The summed E-state index contributed by atoms with van der Waals surface area (Å²) in [7, 11) is 1.55. The molecule has 1 aliphatic heterocycles. The van der Waals surface area contributed by atoms with Gasteiger partial charge in [-0.2, -0.15) is 0 Å². The number of hydrogen-bond acceptors (Lipinski definition) is 5. The Morgan fingerprint density at radius 1 is 1.65 bits per heavy atom. The van der Waals surface area contributed by atoms with Gasteiger partial charge in [0.15, 0.2) is 0 Å². The number of rotatable bonds is 4. The standard InChI is InChI=1S/C11H14N2O4/c1-16-8-2-3-11-10(6-8)13(12-15)7-9(17-11)4-5-14/h2-3,6,9,14H,4-5,7H2,1H3. The third kappa shape index (κ3) is 2.31. The second-order valence-electron chi connectivity index (χ2n) is 3.75. The molecule has 0 fully saturated rings. The van der Waals surface area contributed by atoms with Crippen LogP contribution in [-0.2, 0) is 0 Å². The predicted molar refractivity (Wildman–Crippen MR) is 62.3 cm³/mol. The molecule has 6 heteroatoms. The Bertz CT molecular complexity index is 410. The summed E-state index contributed by atoms with van der Waals surface area (Å²) in [5.74, 6) is 1.22. The fraction of sp³-hybridized carbons (Fsp3) is 0.455. The molecule has 0 amide bonds. The summed E-state index contributed by atoms with van der Waals surface area (Å²) in [6.07, 6.45) is 0.246. The van der Waals surface area contributed by atoms with E-state index in [2.05, 4.69) is 5.29 Å². The van der Waals surface area contributed by atoms with Crippen molar-refractivity contribution in [1.82, 2.24) is 0 Å². The number of hydrogen-bond donors (Lipinski definition) is 1. The number of fused-ring (bicyclic) bond motifs is 1. The molecule has 0 saturated carbocycles. The number of aliphatic hydroxyl groups is 1. The minimum Gasteiger partial charge on any atom is -0.497 e. The highest BCUT2D eigenvalue weighted by Crippen LogP contribution is 2.37. The average Bonchev–Trinajstić information content (AvgIpc) is 2.37. The van der Waals surface area contributed by atoms with Gasteiger partial charge >= 0.3 is 0 Å². The average molecular weight is 238 g/mol. The maximum atomic E-state index is 10.8. The lowest BCUT2D eigenvalue weighted by Gasteiger charge is -2.31. The van der Waals surface area contributed by atoms with E-state index in [9.17, 15) is 4.91 Å². The SMILES string of the molecule is COc1ccc2c(c1)N(N=O)CC(CCO)O2. The minimum absolute atomic E-state index is 0.0167. The molecule has 0 bridgehead atoms. The first-order valence-corrected chi connectivity index (χ1v) is 5.35. The van der Waals surface area contributed by atoms with Crippen molar-refractivity contribution in [3.05, 3.63) is 23.1 Å². The molecular formula is C11H14N2O4. The Kier molecular flexibility index (Phi) is 3.43. The van der Waals surface area contributed by atoms with Gasteiger partial charge in [0, 0.05) is 19.1 Å². The number of nitroso groups, excluding NO2 is 1. The van der Waals surface area contributed by atoms with Gasteiger partial charge in [0.25, 0.3) is 0 Å². The van der Waals surface area contributed by atoms with E-state index in [0.717, 1.165) is 0 Å². The fourth-order valence-corrected chi connectivity index (χ4v) is 1.81. The van der Waals surface area contributed by atoms with Crippen molar-refractivity contribution in [2.45, 2.75) is 12.5 Å². The van der Waals surface area contributed by atoms with Gasteiger partial charge in [-0.1, -0.05) is 0 Å². The van der Waals surface area contributed by atoms with E-state index in [1.165, 1.54) is 5.01 Å². The zero-order chi connectivity index (χ0) is 12.3. The summed E-state index contributed by atoms with van der Waals surface area (Å²) >= 11 is 0. The van der Waals surface area contributed by atoms with E-state index < -0.39 is 0 Å². The summed E-state index contributed by atoms with van der Waals surface area (Å²) in [4.78, 5) is 10.8. The van der Waals surface area contributed by atoms with Gasteiger partial charge in [0.2, 0.25) is 0 Å². The lowest BCUT2D eigenvalue weighted by Crippen LogP contribution is -2.37. The number of aliphatic hydroxyl groups excluding tert-OH is 1. The molecule has 0 spiro atoms. The molecule has 92 valence electrons. The van der Waals surface area contributed by atoms with E-state index in [1.807, 2.05) is 0 Å². The highest BCUT2D eigenvalue weighted by molar-refractivity contribution is 5.62. The maximum absolute atomic E-state index is 10.8. The lowest BCUT2D eigenvalue weighted by molar-refractivity contribution is 0.149. The molecule has 1 aromatic rings. The van der Waals surface area contributed by atoms with Crippen LogP contribution in [0.25, 0.3) is 0 Å². The summed E-state index contributed by atoms with van der Waals surface area (Å²) in [6, 6.07) is 5.19. The highest BCUT2D eigenvalue weighted by Gasteiger charge is 2.26. The van der Waals surface area contributed by atoms with Crippen LogP contribution in [0.4, 0.5) is 5.69 Å². The smallest absolute Gasteiger partial charge is 0.145 e. The maximum Gasteiger partial charge on any atom is 0.145 e. The Morgan fingerprint density at radius 3 is 3.12 bits per heavy atom. The van der Waals surface area contributed by atoms with Crippen LogP contribution in [0.15, 0.2) is 23.5 Å². The molecule has 1 aromatic carbocycles. The summed E-state index contributed by atoms with van der Waals surface area (Å²) in [6.45, 7) is 0.354. The first-order chi connectivity index (χ1) is 8.28. The molecule has 1 unspecified atom stereocenters. The van der Waals surface area contributed by atoms with E-state index in [0.29, 0.717) is 30.2 Å². The van der Waals surface area contributed by atoms with Gasteiger partial charge in [-0.05, 0) is 12.1 Å².